The molecular formula is C19H25N3O4. The number of ether oxygens (including phenoxy) is 2. The number of methoxy groups -OCH3 is 1. The fourth-order valence-electron chi connectivity index (χ4n) is 3.44. The van der Waals surface area contributed by atoms with Gasteiger partial charge in [0.25, 0.3) is 5.91 Å². The molecule has 2 aromatic rings. The van der Waals surface area contributed by atoms with Gasteiger partial charge >= 0.3 is 0 Å². The quantitative estimate of drug-likeness (QED) is 0.890. The number of amides is 2. The van der Waals surface area contributed by atoms with Crippen LogP contribution in [-0.2, 0) is 21.3 Å². The number of carbonyl (C=O) groups excluding carboxylic acids is 2. The van der Waals surface area contributed by atoms with Gasteiger partial charge in [-0.3, -0.25) is 9.59 Å². The van der Waals surface area contributed by atoms with Crippen LogP contribution in [0, 0.1) is 0 Å². The maximum atomic E-state index is 13.2. The molecule has 2 heterocycles. The minimum atomic E-state index is -0.850. The fourth-order valence-corrected chi connectivity index (χ4v) is 3.44. The van der Waals surface area contributed by atoms with Gasteiger partial charge in [0.15, 0.2) is 0 Å². The summed E-state index contributed by atoms with van der Waals surface area (Å²) in [5.41, 5.74) is 0.803. The Labute approximate surface area is 152 Å². The van der Waals surface area contributed by atoms with Crippen LogP contribution >= 0.6 is 0 Å². The van der Waals surface area contributed by atoms with Crippen molar-refractivity contribution < 1.29 is 19.1 Å². The molecule has 1 aliphatic rings. The third-order valence-corrected chi connectivity index (χ3v) is 4.96. The summed E-state index contributed by atoms with van der Waals surface area (Å²) in [6.07, 6.45) is 1.99. The van der Waals surface area contributed by atoms with Crippen molar-refractivity contribution in [1.82, 2.24) is 14.8 Å². The number of aromatic nitrogens is 1. The van der Waals surface area contributed by atoms with E-state index in [1.807, 2.05) is 42.1 Å². The maximum absolute atomic E-state index is 13.2. The maximum Gasteiger partial charge on any atom is 0.256 e. The van der Waals surface area contributed by atoms with Gasteiger partial charge in [-0.25, -0.2) is 0 Å². The first-order chi connectivity index (χ1) is 12.5. The van der Waals surface area contributed by atoms with Crippen LogP contribution in [0.1, 0.15) is 16.8 Å². The molecule has 0 aliphatic carbocycles. The van der Waals surface area contributed by atoms with E-state index in [9.17, 15) is 9.59 Å². The average Bonchev–Trinajstić information content (AvgIpc) is 2.86. The molecule has 1 fully saturated rings. The molecule has 1 saturated heterocycles. The Morgan fingerprint density at radius 3 is 2.85 bits per heavy atom. The molecule has 7 nitrogen and oxygen atoms in total. The minimum Gasteiger partial charge on any atom is -0.377 e. The molecule has 7 heteroatoms. The fraction of sp³-hybridized carbons (Fsp3) is 0.474. The normalized spacial score (nSPS) is 20.8. The van der Waals surface area contributed by atoms with Crippen molar-refractivity contribution in [3.63, 3.8) is 0 Å². The van der Waals surface area contributed by atoms with Crippen molar-refractivity contribution in [3.8, 4) is 0 Å². The Morgan fingerprint density at radius 1 is 1.35 bits per heavy atom. The van der Waals surface area contributed by atoms with E-state index in [1.165, 1.54) is 0 Å². The second-order valence-corrected chi connectivity index (χ2v) is 6.69. The van der Waals surface area contributed by atoms with Crippen LogP contribution in [-0.4, -0.2) is 67.3 Å². The largest absolute Gasteiger partial charge is 0.377 e. The molecule has 1 N–H and O–H groups in total. The molecule has 3 rings (SSSR count). The highest BCUT2D eigenvalue weighted by Crippen LogP contribution is 2.25. The smallest absolute Gasteiger partial charge is 0.256 e. The van der Waals surface area contributed by atoms with E-state index in [0.29, 0.717) is 25.3 Å². The first-order valence-corrected chi connectivity index (χ1v) is 8.66. The Bertz CT molecular complexity index is 816. The second kappa shape index (κ2) is 7.47. The molecule has 2 amide bonds. The van der Waals surface area contributed by atoms with Gasteiger partial charge in [0.1, 0.15) is 5.60 Å². The Hall–Kier alpha value is -2.38. The predicted octanol–water partition coefficient (Wildman–Crippen LogP) is 1.17. The summed E-state index contributed by atoms with van der Waals surface area (Å²) >= 11 is 0. The number of para-hydroxylation sites is 1. The van der Waals surface area contributed by atoms with Crippen molar-refractivity contribution in [2.45, 2.75) is 12.0 Å². The third-order valence-electron chi connectivity index (χ3n) is 4.96. The van der Waals surface area contributed by atoms with Crippen molar-refractivity contribution in [2.75, 3.05) is 40.5 Å². The molecule has 0 unspecified atom stereocenters. The van der Waals surface area contributed by atoms with Gasteiger partial charge in [-0.2, -0.15) is 0 Å². The summed E-state index contributed by atoms with van der Waals surface area (Å²) in [6, 6.07) is 7.82. The Morgan fingerprint density at radius 2 is 2.12 bits per heavy atom. The molecule has 1 atom stereocenters. The standard InChI is InChI=1S/C19H25N3O4/c1-20-17(23)10-19(25-3)12-22(8-9-26-13-19)18(24)15-11-21(2)16-7-5-4-6-14(15)16/h4-7,11H,8-10,12-13H2,1-3H3,(H,20,23)/t19-/m0/s1. The van der Waals surface area contributed by atoms with Crippen molar-refractivity contribution in [1.29, 1.82) is 0 Å². The lowest BCUT2D eigenvalue weighted by molar-refractivity contribution is -0.131. The monoisotopic (exact) mass is 359 g/mol. The highest BCUT2D eigenvalue weighted by molar-refractivity contribution is 6.07. The molecule has 0 bridgehead atoms. The number of nitrogens with zero attached hydrogens (tertiary/aromatic N) is 2. The van der Waals surface area contributed by atoms with Gasteiger partial charge in [-0.15, -0.1) is 0 Å². The van der Waals surface area contributed by atoms with E-state index < -0.39 is 5.60 Å². The predicted molar refractivity (Wildman–Crippen MR) is 98.1 cm³/mol. The number of rotatable bonds is 4. The summed E-state index contributed by atoms with van der Waals surface area (Å²) in [6.45, 7) is 1.45. The number of aryl methyl sites for hydroxylation is 1. The van der Waals surface area contributed by atoms with Gasteiger partial charge in [0, 0.05) is 44.8 Å². The molecule has 0 spiro atoms. The van der Waals surface area contributed by atoms with E-state index in [1.54, 1.807) is 19.1 Å². The molecule has 140 valence electrons. The number of hydrogen-bond donors (Lipinski definition) is 1. The van der Waals surface area contributed by atoms with Crippen LogP contribution in [0.25, 0.3) is 10.9 Å². The highest BCUT2D eigenvalue weighted by atomic mass is 16.5. The Balaban J connectivity index is 1.91. The van der Waals surface area contributed by atoms with E-state index in [0.717, 1.165) is 10.9 Å². The summed E-state index contributed by atoms with van der Waals surface area (Å²) in [7, 11) is 5.07. The van der Waals surface area contributed by atoms with Gasteiger partial charge in [-0.05, 0) is 6.07 Å². The zero-order valence-corrected chi connectivity index (χ0v) is 15.4. The number of carbonyl (C=O) groups is 2. The van der Waals surface area contributed by atoms with E-state index >= 15 is 0 Å². The summed E-state index contributed by atoms with van der Waals surface area (Å²) in [5.74, 6) is -0.222. The highest BCUT2D eigenvalue weighted by Gasteiger charge is 2.39. The topological polar surface area (TPSA) is 72.8 Å². The Kier molecular flexibility index (Phi) is 5.29. The van der Waals surface area contributed by atoms with E-state index in [4.69, 9.17) is 9.47 Å². The van der Waals surface area contributed by atoms with Crippen LogP contribution in [0.5, 0.6) is 0 Å². The number of benzene rings is 1. The average molecular weight is 359 g/mol. The zero-order chi connectivity index (χ0) is 18.7. The summed E-state index contributed by atoms with van der Waals surface area (Å²) < 4.78 is 13.3. The summed E-state index contributed by atoms with van der Waals surface area (Å²) in [4.78, 5) is 26.9. The van der Waals surface area contributed by atoms with E-state index in [2.05, 4.69) is 5.32 Å². The molecular weight excluding hydrogens is 334 g/mol. The molecule has 1 aromatic heterocycles. The lowest BCUT2D eigenvalue weighted by atomic mass is 9.98. The van der Waals surface area contributed by atoms with Gasteiger partial charge < -0.3 is 24.3 Å². The zero-order valence-electron chi connectivity index (χ0n) is 15.4. The van der Waals surface area contributed by atoms with Crippen LogP contribution in [0.3, 0.4) is 0 Å². The van der Waals surface area contributed by atoms with Crippen LogP contribution in [0.4, 0.5) is 0 Å². The van der Waals surface area contributed by atoms with Crippen LogP contribution in [0.2, 0.25) is 0 Å². The molecule has 0 radical (unpaired) electrons. The van der Waals surface area contributed by atoms with Crippen LogP contribution in [0.15, 0.2) is 30.5 Å². The summed E-state index contributed by atoms with van der Waals surface area (Å²) in [5, 5.41) is 3.53. The lowest BCUT2D eigenvalue weighted by Crippen LogP contribution is -2.50. The minimum absolute atomic E-state index is 0.0781. The van der Waals surface area contributed by atoms with Crippen LogP contribution < -0.4 is 5.32 Å². The first-order valence-electron chi connectivity index (χ1n) is 8.66. The molecule has 26 heavy (non-hydrogen) atoms. The van der Waals surface area contributed by atoms with Gasteiger partial charge in [0.2, 0.25) is 5.91 Å². The number of fused-ring (bicyclic) bond motifs is 1. The second-order valence-electron chi connectivity index (χ2n) is 6.69. The van der Waals surface area contributed by atoms with Gasteiger partial charge in [0.05, 0.1) is 31.7 Å². The van der Waals surface area contributed by atoms with Crippen molar-refractivity contribution >= 4 is 22.7 Å². The molecule has 0 saturated carbocycles. The first kappa shape index (κ1) is 18.4. The molecule has 1 aromatic carbocycles. The third kappa shape index (κ3) is 3.45. The van der Waals surface area contributed by atoms with Crippen molar-refractivity contribution in [3.05, 3.63) is 36.0 Å². The van der Waals surface area contributed by atoms with Gasteiger partial charge in [-0.1, -0.05) is 18.2 Å². The lowest BCUT2D eigenvalue weighted by Gasteiger charge is -2.33. The number of nitrogens with one attached hydrogen (secondary N) is 1. The van der Waals surface area contributed by atoms with E-state index in [-0.39, 0.29) is 24.8 Å². The van der Waals surface area contributed by atoms with Crippen molar-refractivity contribution in [2.24, 2.45) is 7.05 Å². The SMILES string of the molecule is CNC(=O)C[C@@]1(OC)COCCN(C(=O)c2cn(C)c3ccccc23)C1. The number of hydrogen-bond acceptors (Lipinski definition) is 4. The molecule has 1 aliphatic heterocycles.